The smallest absolute Gasteiger partial charge is 0.297 e. The number of rotatable bonds is 1. The highest BCUT2D eigenvalue weighted by atomic mass is 32.1. The first-order chi connectivity index (χ1) is 9.86. The Morgan fingerprint density at radius 2 is 1.81 bits per heavy atom. The standard InChI is InChI=1S/C14H15N5OS/c1-14(2,3)10-12(20)19-13(17-16-10)21-11(18-19)8-4-6-9(15)7-5-8/h4-7H,15H2,1-3H3. The van der Waals surface area contributed by atoms with E-state index in [1.165, 1.54) is 15.9 Å². The van der Waals surface area contributed by atoms with Crippen LogP contribution in [-0.2, 0) is 5.41 Å². The Labute approximate surface area is 125 Å². The van der Waals surface area contributed by atoms with Crippen molar-refractivity contribution in [3.8, 4) is 10.6 Å². The monoisotopic (exact) mass is 301 g/mol. The summed E-state index contributed by atoms with van der Waals surface area (Å²) >= 11 is 1.33. The molecule has 2 heterocycles. The van der Waals surface area contributed by atoms with Gasteiger partial charge in [-0.15, -0.1) is 10.2 Å². The van der Waals surface area contributed by atoms with Gasteiger partial charge < -0.3 is 5.73 Å². The van der Waals surface area contributed by atoms with Crippen LogP contribution in [0.25, 0.3) is 15.5 Å². The Balaban J connectivity index is 2.19. The van der Waals surface area contributed by atoms with Crippen molar-refractivity contribution in [1.29, 1.82) is 0 Å². The van der Waals surface area contributed by atoms with Gasteiger partial charge in [0.1, 0.15) is 10.7 Å². The first kappa shape index (κ1) is 13.7. The van der Waals surface area contributed by atoms with Crippen molar-refractivity contribution >= 4 is 22.0 Å². The molecule has 0 aliphatic carbocycles. The molecular weight excluding hydrogens is 286 g/mol. The lowest BCUT2D eigenvalue weighted by Gasteiger charge is -2.14. The number of nitrogens with two attached hydrogens (primary N) is 1. The molecular formula is C14H15N5OS. The minimum absolute atomic E-state index is 0.217. The minimum Gasteiger partial charge on any atom is -0.399 e. The predicted molar refractivity (Wildman–Crippen MR) is 83.5 cm³/mol. The number of aromatic nitrogens is 4. The largest absolute Gasteiger partial charge is 0.399 e. The van der Waals surface area contributed by atoms with E-state index >= 15 is 0 Å². The maximum atomic E-state index is 12.5. The lowest BCUT2D eigenvalue weighted by Crippen LogP contribution is -2.30. The summed E-state index contributed by atoms with van der Waals surface area (Å²) in [4.78, 5) is 12.9. The molecule has 6 nitrogen and oxygen atoms in total. The quantitative estimate of drug-likeness (QED) is 0.695. The third kappa shape index (κ3) is 2.40. The normalized spacial score (nSPS) is 12.0. The van der Waals surface area contributed by atoms with Gasteiger partial charge in [-0.25, -0.2) is 0 Å². The minimum atomic E-state index is -0.365. The second-order valence-corrected chi connectivity index (χ2v) is 6.78. The highest BCUT2D eigenvalue weighted by molar-refractivity contribution is 7.19. The first-order valence-electron chi connectivity index (χ1n) is 6.49. The van der Waals surface area contributed by atoms with Crippen LogP contribution in [0.4, 0.5) is 5.69 Å². The highest BCUT2D eigenvalue weighted by Crippen LogP contribution is 2.25. The molecule has 0 fully saturated rings. The molecule has 2 aromatic heterocycles. The van der Waals surface area contributed by atoms with E-state index in [2.05, 4.69) is 15.3 Å². The number of nitrogens with zero attached hydrogens (tertiary/aromatic N) is 4. The second-order valence-electron chi connectivity index (χ2n) is 5.83. The average Bonchev–Trinajstić information content (AvgIpc) is 2.83. The van der Waals surface area contributed by atoms with Gasteiger partial charge in [-0.3, -0.25) is 4.79 Å². The third-order valence-electron chi connectivity index (χ3n) is 3.06. The number of fused-ring (bicyclic) bond motifs is 1. The summed E-state index contributed by atoms with van der Waals surface area (Å²) in [7, 11) is 0. The van der Waals surface area contributed by atoms with E-state index in [-0.39, 0.29) is 11.0 Å². The highest BCUT2D eigenvalue weighted by Gasteiger charge is 2.23. The van der Waals surface area contributed by atoms with Crippen molar-refractivity contribution < 1.29 is 0 Å². The van der Waals surface area contributed by atoms with Gasteiger partial charge in [-0.2, -0.15) is 9.61 Å². The number of anilines is 1. The molecule has 0 atom stereocenters. The number of hydrogen-bond donors (Lipinski definition) is 1. The molecule has 0 radical (unpaired) electrons. The molecule has 3 rings (SSSR count). The summed E-state index contributed by atoms with van der Waals surface area (Å²) in [6, 6.07) is 7.35. The summed E-state index contributed by atoms with van der Waals surface area (Å²) < 4.78 is 1.32. The van der Waals surface area contributed by atoms with Gasteiger partial charge >= 0.3 is 0 Å². The summed E-state index contributed by atoms with van der Waals surface area (Å²) in [5.41, 5.74) is 7.09. The van der Waals surface area contributed by atoms with Crippen LogP contribution >= 0.6 is 11.3 Å². The van der Waals surface area contributed by atoms with Crippen LogP contribution in [0.15, 0.2) is 29.1 Å². The van der Waals surface area contributed by atoms with E-state index in [1.54, 1.807) is 12.1 Å². The predicted octanol–water partition coefficient (Wildman–Crippen LogP) is 2.09. The zero-order valence-electron chi connectivity index (χ0n) is 12.0. The van der Waals surface area contributed by atoms with Gasteiger partial charge in [0.05, 0.1) is 0 Å². The Kier molecular flexibility index (Phi) is 3.02. The van der Waals surface area contributed by atoms with Crippen molar-refractivity contribution in [3.05, 3.63) is 40.3 Å². The summed E-state index contributed by atoms with van der Waals surface area (Å²) in [5.74, 6) is 0. The second kappa shape index (κ2) is 4.63. The molecule has 0 spiro atoms. The van der Waals surface area contributed by atoms with E-state index in [9.17, 15) is 4.79 Å². The van der Waals surface area contributed by atoms with Crippen LogP contribution in [0.2, 0.25) is 0 Å². The van der Waals surface area contributed by atoms with E-state index in [1.807, 2.05) is 32.9 Å². The Morgan fingerprint density at radius 3 is 2.43 bits per heavy atom. The molecule has 0 saturated heterocycles. The molecule has 21 heavy (non-hydrogen) atoms. The molecule has 7 heteroatoms. The zero-order valence-corrected chi connectivity index (χ0v) is 12.8. The molecule has 108 valence electrons. The fourth-order valence-electron chi connectivity index (χ4n) is 1.93. The zero-order chi connectivity index (χ0) is 15.2. The summed E-state index contributed by atoms with van der Waals surface area (Å²) in [6.45, 7) is 5.79. The van der Waals surface area contributed by atoms with Gasteiger partial charge in [-0.05, 0) is 24.3 Å². The molecule has 0 bridgehead atoms. The molecule has 3 aromatic rings. The van der Waals surface area contributed by atoms with Crippen molar-refractivity contribution in [2.45, 2.75) is 26.2 Å². The van der Waals surface area contributed by atoms with Gasteiger partial charge in [0.2, 0.25) is 4.96 Å². The SMILES string of the molecule is CC(C)(C)c1nnc2sc(-c3ccc(N)cc3)nn2c1=O. The molecule has 0 amide bonds. The fourth-order valence-corrected chi connectivity index (χ4v) is 2.77. The summed E-state index contributed by atoms with van der Waals surface area (Å²) in [5, 5.41) is 13.3. The van der Waals surface area contributed by atoms with Crippen LogP contribution in [0.1, 0.15) is 26.5 Å². The van der Waals surface area contributed by atoms with Crippen LogP contribution in [0.3, 0.4) is 0 Å². The average molecular weight is 301 g/mol. The fraction of sp³-hybridized carbons (Fsp3) is 0.286. The maximum absolute atomic E-state index is 12.5. The van der Waals surface area contributed by atoms with Crippen LogP contribution < -0.4 is 11.3 Å². The maximum Gasteiger partial charge on any atom is 0.297 e. The first-order valence-corrected chi connectivity index (χ1v) is 7.31. The number of benzene rings is 1. The lowest BCUT2D eigenvalue weighted by atomic mass is 9.93. The summed E-state index contributed by atoms with van der Waals surface area (Å²) in [6.07, 6.45) is 0. The van der Waals surface area contributed by atoms with Gasteiger partial charge in [0, 0.05) is 16.7 Å². The molecule has 0 aliphatic rings. The van der Waals surface area contributed by atoms with Gasteiger partial charge in [0.25, 0.3) is 5.56 Å². The lowest BCUT2D eigenvalue weighted by molar-refractivity contribution is 0.542. The van der Waals surface area contributed by atoms with Crippen molar-refractivity contribution in [3.63, 3.8) is 0 Å². The van der Waals surface area contributed by atoms with E-state index < -0.39 is 0 Å². The van der Waals surface area contributed by atoms with Crippen LogP contribution in [-0.4, -0.2) is 19.8 Å². The van der Waals surface area contributed by atoms with E-state index in [0.717, 1.165) is 5.56 Å². The third-order valence-corrected chi connectivity index (χ3v) is 4.01. The van der Waals surface area contributed by atoms with Crippen LogP contribution in [0.5, 0.6) is 0 Å². The molecule has 2 N–H and O–H groups in total. The number of nitrogen functional groups attached to an aromatic ring is 1. The van der Waals surface area contributed by atoms with E-state index in [0.29, 0.717) is 21.3 Å². The Morgan fingerprint density at radius 1 is 1.14 bits per heavy atom. The van der Waals surface area contributed by atoms with E-state index in [4.69, 9.17) is 5.73 Å². The molecule has 0 aliphatic heterocycles. The van der Waals surface area contributed by atoms with Crippen molar-refractivity contribution in [2.75, 3.05) is 5.73 Å². The molecule has 1 aromatic carbocycles. The molecule has 0 unspecified atom stereocenters. The van der Waals surface area contributed by atoms with Gasteiger partial charge in [0.15, 0.2) is 0 Å². The van der Waals surface area contributed by atoms with Gasteiger partial charge in [-0.1, -0.05) is 32.1 Å². The number of hydrogen-bond acceptors (Lipinski definition) is 6. The Hall–Kier alpha value is -2.28. The molecule has 0 saturated carbocycles. The topological polar surface area (TPSA) is 86.2 Å². The van der Waals surface area contributed by atoms with Crippen LogP contribution in [0, 0.1) is 0 Å². The van der Waals surface area contributed by atoms with Crippen molar-refractivity contribution in [1.82, 2.24) is 19.8 Å². The van der Waals surface area contributed by atoms with Crippen molar-refractivity contribution in [2.24, 2.45) is 0 Å². The Bertz CT molecular complexity index is 858.